The first-order valence-electron chi connectivity index (χ1n) is 4.39. The van der Waals surface area contributed by atoms with Crippen LogP contribution in [0.15, 0.2) is 18.2 Å². The molecule has 94 valence electrons. The Balaban J connectivity index is 3.18. The summed E-state index contributed by atoms with van der Waals surface area (Å²) in [4.78, 5) is 10.7. The van der Waals surface area contributed by atoms with Gasteiger partial charge in [0.2, 0.25) is 0 Å². The van der Waals surface area contributed by atoms with E-state index >= 15 is 0 Å². The SMILES string of the molecule is COC(C(=O)O)c1ccc(C(F)(F)F)cc1F. The molecule has 0 aliphatic rings. The Kier molecular flexibility index (Phi) is 3.72. The summed E-state index contributed by atoms with van der Waals surface area (Å²) in [6.45, 7) is 0. The third-order valence-corrected chi connectivity index (χ3v) is 2.07. The number of carbonyl (C=O) groups is 1. The van der Waals surface area contributed by atoms with Crippen LogP contribution in [0.25, 0.3) is 0 Å². The molecule has 0 bridgehead atoms. The van der Waals surface area contributed by atoms with Crippen LogP contribution in [0.5, 0.6) is 0 Å². The number of halogens is 4. The molecule has 7 heteroatoms. The van der Waals surface area contributed by atoms with Crippen molar-refractivity contribution in [3.63, 3.8) is 0 Å². The topological polar surface area (TPSA) is 46.5 Å². The normalized spacial score (nSPS) is 13.5. The molecule has 1 aromatic carbocycles. The van der Waals surface area contributed by atoms with Gasteiger partial charge >= 0.3 is 12.1 Å². The lowest BCUT2D eigenvalue weighted by Gasteiger charge is -2.13. The Morgan fingerprint density at radius 3 is 2.35 bits per heavy atom. The van der Waals surface area contributed by atoms with Gasteiger partial charge in [-0.15, -0.1) is 0 Å². The summed E-state index contributed by atoms with van der Waals surface area (Å²) in [7, 11) is 1.02. The average Bonchev–Trinajstić information content (AvgIpc) is 2.19. The van der Waals surface area contributed by atoms with Gasteiger partial charge in [0.25, 0.3) is 0 Å². The van der Waals surface area contributed by atoms with E-state index in [1.165, 1.54) is 0 Å². The number of methoxy groups -OCH3 is 1. The van der Waals surface area contributed by atoms with E-state index in [2.05, 4.69) is 4.74 Å². The van der Waals surface area contributed by atoms with Gasteiger partial charge in [0.1, 0.15) is 5.82 Å². The molecule has 1 unspecified atom stereocenters. The van der Waals surface area contributed by atoms with Crippen molar-refractivity contribution < 1.29 is 32.2 Å². The van der Waals surface area contributed by atoms with Crippen LogP contribution in [0.3, 0.4) is 0 Å². The maximum absolute atomic E-state index is 13.3. The minimum absolute atomic E-state index is 0.240. The van der Waals surface area contributed by atoms with Crippen LogP contribution in [-0.2, 0) is 15.7 Å². The standard InChI is InChI=1S/C10H8F4O3/c1-17-8(9(15)16)6-3-2-5(4-7(6)11)10(12,13)14/h2-4,8H,1H3,(H,15,16). The van der Waals surface area contributed by atoms with Gasteiger partial charge < -0.3 is 9.84 Å². The summed E-state index contributed by atoms with van der Waals surface area (Å²) in [6, 6.07) is 1.60. The monoisotopic (exact) mass is 252 g/mol. The lowest BCUT2D eigenvalue weighted by molar-refractivity contribution is -0.149. The number of carboxylic acid groups (broad SMARTS) is 1. The molecule has 1 aromatic rings. The zero-order valence-electron chi connectivity index (χ0n) is 8.58. The lowest BCUT2D eigenvalue weighted by Crippen LogP contribution is -2.16. The van der Waals surface area contributed by atoms with Crippen LogP contribution in [0, 0.1) is 5.82 Å². The van der Waals surface area contributed by atoms with E-state index in [4.69, 9.17) is 5.11 Å². The molecule has 1 N–H and O–H groups in total. The molecule has 0 radical (unpaired) electrons. The summed E-state index contributed by atoms with van der Waals surface area (Å²) >= 11 is 0. The third-order valence-electron chi connectivity index (χ3n) is 2.07. The molecule has 0 aromatic heterocycles. The maximum Gasteiger partial charge on any atom is 0.416 e. The molecular formula is C10H8F4O3. The van der Waals surface area contributed by atoms with Crippen molar-refractivity contribution in [1.82, 2.24) is 0 Å². The zero-order chi connectivity index (χ0) is 13.2. The van der Waals surface area contributed by atoms with Crippen molar-refractivity contribution in [3.05, 3.63) is 35.1 Å². The van der Waals surface area contributed by atoms with Gasteiger partial charge in [-0.25, -0.2) is 9.18 Å². The van der Waals surface area contributed by atoms with Gasteiger partial charge in [-0.1, -0.05) is 6.07 Å². The molecule has 17 heavy (non-hydrogen) atoms. The maximum atomic E-state index is 13.3. The van der Waals surface area contributed by atoms with Crippen LogP contribution in [0.4, 0.5) is 17.6 Å². The van der Waals surface area contributed by atoms with Crippen molar-refractivity contribution in [2.75, 3.05) is 7.11 Å². The molecule has 0 aliphatic heterocycles. The Bertz CT molecular complexity index is 428. The minimum atomic E-state index is -4.68. The Morgan fingerprint density at radius 2 is 2.00 bits per heavy atom. The van der Waals surface area contributed by atoms with Crippen molar-refractivity contribution in [3.8, 4) is 0 Å². The Morgan fingerprint density at radius 1 is 1.41 bits per heavy atom. The van der Waals surface area contributed by atoms with Crippen molar-refractivity contribution in [1.29, 1.82) is 0 Å². The molecule has 0 saturated carbocycles. The average molecular weight is 252 g/mol. The van der Waals surface area contributed by atoms with Crippen LogP contribution >= 0.6 is 0 Å². The third kappa shape index (κ3) is 2.94. The van der Waals surface area contributed by atoms with Gasteiger partial charge in [-0.2, -0.15) is 13.2 Å². The predicted molar refractivity (Wildman–Crippen MR) is 48.8 cm³/mol. The summed E-state index contributed by atoms with van der Waals surface area (Å²) in [6.07, 6.45) is -6.30. The number of ether oxygens (including phenoxy) is 1. The van der Waals surface area contributed by atoms with Crippen LogP contribution in [0.2, 0.25) is 0 Å². The molecule has 0 heterocycles. The smallest absolute Gasteiger partial charge is 0.416 e. The van der Waals surface area contributed by atoms with Gasteiger partial charge in [0.05, 0.1) is 5.56 Å². The highest BCUT2D eigenvalue weighted by Gasteiger charge is 2.32. The van der Waals surface area contributed by atoms with E-state index in [0.717, 1.165) is 13.2 Å². The van der Waals surface area contributed by atoms with Crippen molar-refractivity contribution >= 4 is 5.97 Å². The van der Waals surface area contributed by atoms with Crippen molar-refractivity contribution in [2.24, 2.45) is 0 Å². The molecule has 0 fully saturated rings. The zero-order valence-corrected chi connectivity index (χ0v) is 8.58. The first-order chi connectivity index (χ1) is 7.77. The fraction of sp³-hybridized carbons (Fsp3) is 0.300. The number of alkyl halides is 3. The fourth-order valence-electron chi connectivity index (χ4n) is 1.28. The number of rotatable bonds is 3. The van der Waals surface area contributed by atoms with Crippen LogP contribution in [-0.4, -0.2) is 18.2 Å². The van der Waals surface area contributed by atoms with Gasteiger partial charge in [-0.3, -0.25) is 0 Å². The number of aliphatic carboxylic acids is 1. The Labute approximate surface area is 93.6 Å². The summed E-state index contributed by atoms with van der Waals surface area (Å²) in [5.41, 5.74) is -1.63. The van der Waals surface area contributed by atoms with Gasteiger partial charge in [0, 0.05) is 12.7 Å². The molecule has 1 atom stereocenters. The Hall–Kier alpha value is -1.63. The van der Waals surface area contributed by atoms with Crippen LogP contribution < -0.4 is 0 Å². The van der Waals surface area contributed by atoms with E-state index in [1.54, 1.807) is 0 Å². The van der Waals surface area contributed by atoms with E-state index in [0.29, 0.717) is 6.07 Å². The molecular weight excluding hydrogens is 244 g/mol. The number of hydrogen-bond acceptors (Lipinski definition) is 2. The van der Waals surface area contributed by atoms with Crippen molar-refractivity contribution in [2.45, 2.75) is 12.3 Å². The quantitative estimate of drug-likeness (QED) is 0.841. The second-order valence-electron chi connectivity index (χ2n) is 3.19. The number of hydrogen-bond donors (Lipinski definition) is 1. The molecule has 0 spiro atoms. The van der Waals surface area contributed by atoms with E-state index in [9.17, 15) is 22.4 Å². The highest BCUT2D eigenvalue weighted by atomic mass is 19.4. The highest BCUT2D eigenvalue weighted by Crippen LogP contribution is 2.31. The first kappa shape index (κ1) is 13.4. The molecule has 0 amide bonds. The molecule has 1 rings (SSSR count). The number of carboxylic acids is 1. The predicted octanol–water partition coefficient (Wildman–Crippen LogP) is 2.62. The summed E-state index contributed by atoms with van der Waals surface area (Å²) < 4.78 is 54.5. The van der Waals surface area contributed by atoms with E-state index in [-0.39, 0.29) is 6.07 Å². The summed E-state index contributed by atoms with van der Waals surface area (Å²) in [5, 5.41) is 8.67. The first-order valence-corrected chi connectivity index (χ1v) is 4.39. The second-order valence-corrected chi connectivity index (χ2v) is 3.19. The second kappa shape index (κ2) is 4.70. The van der Waals surface area contributed by atoms with Gasteiger partial charge in [-0.05, 0) is 12.1 Å². The molecule has 3 nitrogen and oxygen atoms in total. The number of benzene rings is 1. The molecule has 0 aliphatic carbocycles. The largest absolute Gasteiger partial charge is 0.479 e. The lowest BCUT2D eigenvalue weighted by atomic mass is 10.1. The van der Waals surface area contributed by atoms with E-state index < -0.39 is 35.2 Å². The van der Waals surface area contributed by atoms with Crippen LogP contribution in [0.1, 0.15) is 17.2 Å². The van der Waals surface area contributed by atoms with E-state index in [1.807, 2.05) is 0 Å². The van der Waals surface area contributed by atoms with Gasteiger partial charge in [0.15, 0.2) is 6.10 Å². The minimum Gasteiger partial charge on any atom is -0.479 e. The highest BCUT2D eigenvalue weighted by molar-refractivity contribution is 5.74. The fourth-order valence-corrected chi connectivity index (χ4v) is 1.28. The molecule has 0 saturated heterocycles. The summed E-state index contributed by atoms with van der Waals surface area (Å²) in [5.74, 6) is -2.75.